The Balaban J connectivity index is 2.06. The van der Waals surface area contributed by atoms with E-state index in [4.69, 9.17) is 9.84 Å². The number of benzene rings is 1. The van der Waals surface area contributed by atoms with Crippen LogP contribution in [0.25, 0.3) is 0 Å². The molecule has 3 nitrogen and oxygen atoms in total. The van der Waals surface area contributed by atoms with E-state index < -0.39 is 5.97 Å². The quantitative estimate of drug-likeness (QED) is 0.572. The normalized spacial score (nSPS) is 12.3. The third-order valence-corrected chi connectivity index (χ3v) is 3.42. The molecule has 0 radical (unpaired) electrons. The molecule has 0 aromatic heterocycles. The van der Waals surface area contributed by atoms with Gasteiger partial charge in [-0.15, -0.1) is 11.8 Å². The monoisotopic (exact) mass is 254 g/mol. The second kappa shape index (κ2) is 8.14. The molecule has 1 atom stereocenters. The predicted octanol–water partition coefficient (Wildman–Crippen LogP) is 3.15. The molecule has 0 saturated carbocycles. The van der Waals surface area contributed by atoms with Gasteiger partial charge in [0.1, 0.15) is 0 Å². The molecule has 0 saturated heterocycles. The Labute approximate surface area is 106 Å². The third kappa shape index (κ3) is 7.02. The van der Waals surface area contributed by atoms with Crippen molar-refractivity contribution in [2.24, 2.45) is 0 Å². The van der Waals surface area contributed by atoms with Crippen LogP contribution in [-0.4, -0.2) is 22.3 Å². The minimum atomic E-state index is -0.734. The number of thioether (sulfide) groups is 1. The van der Waals surface area contributed by atoms with Crippen LogP contribution in [-0.2, 0) is 16.1 Å². The van der Waals surface area contributed by atoms with Crippen LogP contribution in [0, 0.1) is 0 Å². The molecule has 0 aliphatic rings. The summed E-state index contributed by atoms with van der Waals surface area (Å²) < 4.78 is 5.51. The highest BCUT2D eigenvalue weighted by Gasteiger charge is 2.05. The highest BCUT2D eigenvalue weighted by molar-refractivity contribution is 7.99. The first-order chi connectivity index (χ1) is 8.18. The molecular formula is C13H18O3S. The minimum absolute atomic E-state index is 0.229. The Kier molecular flexibility index (Phi) is 6.74. The van der Waals surface area contributed by atoms with Crippen molar-refractivity contribution in [3.05, 3.63) is 35.9 Å². The first-order valence-electron chi connectivity index (χ1n) is 5.63. The standard InChI is InChI=1S/C13H18O3S/c1-11(7-8-13(14)15)17-10-16-9-12-5-3-2-4-6-12/h2-6,11H,7-10H2,1H3,(H,14,15). The Morgan fingerprint density at radius 2 is 2.12 bits per heavy atom. The van der Waals surface area contributed by atoms with E-state index in [9.17, 15) is 4.79 Å². The molecule has 0 aliphatic heterocycles. The van der Waals surface area contributed by atoms with E-state index >= 15 is 0 Å². The lowest BCUT2D eigenvalue weighted by Gasteiger charge is -2.10. The van der Waals surface area contributed by atoms with E-state index in [1.165, 1.54) is 0 Å². The van der Waals surface area contributed by atoms with Crippen molar-refractivity contribution < 1.29 is 14.6 Å². The molecule has 0 spiro atoms. The molecule has 0 aliphatic carbocycles. The fourth-order valence-electron chi connectivity index (χ4n) is 1.31. The van der Waals surface area contributed by atoms with Gasteiger partial charge in [0.05, 0.1) is 12.5 Å². The van der Waals surface area contributed by atoms with Gasteiger partial charge in [0, 0.05) is 11.7 Å². The van der Waals surface area contributed by atoms with Gasteiger partial charge in [0.2, 0.25) is 0 Å². The van der Waals surface area contributed by atoms with Crippen LogP contribution in [0.4, 0.5) is 0 Å². The van der Waals surface area contributed by atoms with E-state index in [2.05, 4.69) is 0 Å². The van der Waals surface area contributed by atoms with E-state index in [1.807, 2.05) is 37.3 Å². The zero-order chi connectivity index (χ0) is 12.5. The van der Waals surface area contributed by atoms with Crippen molar-refractivity contribution in [3.63, 3.8) is 0 Å². The van der Waals surface area contributed by atoms with Crippen LogP contribution in [0.3, 0.4) is 0 Å². The maximum absolute atomic E-state index is 10.4. The van der Waals surface area contributed by atoms with Gasteiger partial charge in [-0.3, -0.25) is 4.79 Å². The Morgan fingerprint density at radius 3 is 2.76 bits per heavy atom. The number of carboxylic acid groups (broad SMARTS) is 1. The van der Waals surface area contributed by atoms with Crippen molar-refractivity contribution >= 4 is 17.7 Å². The molecule has 4 heteroatoms. The minimum Gasteiger partial charge on any atom is -0.481 e. The van der Waals surface area contributed by atoms with Gasteiger partial charge in [-0.05, 0) is 12.0 Å². The maximum atomic E-state index is 10.4. The summed E-state index contributed by atoms with van der Waals surface area (Å²) in [6.07, 6.45) is 0.918. The summed E-state index contributed by atoms with van der Waals surface area (Å²) in [7, 11) is 0. The zero-order valence-electron chi connectivity index (χ0n) is 9.96. The third-order valence-electron chi connectivity index (χ3n) is 2.31. The van der Waals surface area contributed by atoms with Crippen LogP contribution in [0.5, 0.6) is 0 Å². The SMILES string of the molecule is CC(CCC(=O)O)SCOCc1ccccc1. The van der Waals surface area contributed by atoms with E-state index in [0.29, 0.717) is 24.2 Å². The zero-order valence-corrected chi connectivity index (χ0v) is 10.8. The second-order valence-electron chi connectivity index (χ2n) is 3.86. The fourth-order valence-corrected chi connectivity index (χ4v) is 2.00. The molecule has 0 amide bonds. The number of hydrogen-bond donors (Lipinski definition) is 1. The number of aliphatic carboxylic acids is 1. The highest BCUT2D eigenvalue weighted by Crippen LogP contribution is 2.16. The van der Waals surface area contributed by atoms with Gasteiger partial charge in [-0.1, -0.05) is 37.3 Å². The number of ether oxygens (including phenoxy) is 1. The summed E-state index contributed by atoms with van der Waals surface area (Å²) in [5.41, 5.74) is 1.16. The molecule has 1 aromatic rings. The lowest BCUT2D eigenvalue weighted by Crippen LogP contribution is -2.04. The van der Waals surface area contributed by atoms with Crippen molar-refractivity contribution in [3.8, 4) is 0 Å². The smallest absolute Gasteiger partial charge is 0.303 e. The number of carbonyl (C=O) groups is 1. The van der Waals surface area contributed by atoms with Gasteiger partial charge >= 0.3 is 5.97 Å². The Bertz CT molecular complexity index is 327. The van der Waals surface area contributed by atoms with Crippen molar-refractivity contribution in [2.45, 2.75) is 31.6 Å². The van der Waals surface area contributed by atoms with Crippen LogP contribution in [0.2, 0.25) is 0 Å². The largest absolute Gasteiger partial charge is 0.481 e. The Hall–Kier alpha value is -1.00. The fraction of sp³-hybridized carbons (Fsp3) is 0.462. The van der Waals surface area contributed by atoms with E-state index in [0.717, 1.165) is 5.56 Å². The number of hydrogen-bond acceptors (Lipinski definition) is 3. The van der Waals surface area contributed by atoms with Crippen LogP contribution >= 0.6 is 11.8 Å². The van der Waals surface area contributed by atoms with E-state index in [-0.39, 0.29) is 6.42 Å². The average Bonchev–Trinajstić information content (AvgIpc) is 2.33. The average molecular weight is 254 g/mol. The van der Waals surface area contributed by atoms with E-state index in [1.54, 1.807) is 11.8 Å². The lowest BCUT2D eigenvalue weighted by molar-refractivity contribution is -0.137. The summed E-state index contributed by atoms with van der Waals surface area (Å²) in [5, 5.41) is 8.86. The summed E-state index contributed by atoms with van der Waals surface area (Å²) in [6, 6.07) is 10.0. The van der Waals surface area contributed by atoms with Crippen molar-refractivity contribution in [1.29, 1.82) is 0 Å². The maximum Gasteiger partial charge on any atom is 0.303 e. The predicted molar refractivity (Wildman–Crippen MR) is 70.0 cm³/mol. The molecule has 1 unspecified atom stereocenters. The summed E-state index contributed by atoms with van der Waals surface area (Å²) in [5.74, 6) is -0.127. The van der Waals surface area contributed by atoms with Crippen LogP contribution in [0.1, 0.15) is 25.3 Å². The van der Waals surface area contributed by atoms with Gasteiger partial charge < -0.3 is 9.84 Å². The first kappa shape index (κ1) is 14.1. The van der Waals surface area contributed by atoms with Gasteiger partial charge in [0.25, 0.3) is 0 Å². The van der Waals surface area contributed by atoms with Crippen LogP contribution < -0.4 is 0 Å². The van der Waals surface area contributed by atoms with Crippen molar-refractivity contribution in [1.82, 2.24) is 0 Å². The molecule has 0 heterocycles. The molecule has 0 fully saturated rings. The van der Waals surface area contributed by atoms with Gasteiger partial charge in [0.15, 0.2) is 0 Å². The number of carboxylic acids is 1. The highest BCUT2D eigenvalue weighted by atomic mass is 32.2. The molecule has 1 aromatic carbocycles. The Morgan fingerprint density at radius 1 is 1.41 bits per heavy atom. The summed E-state index contributed by atoms with van der Waals surface area (Å²) in [6.45, 7) is 2.64. The molecule has 17 heavy (non-hydrogen) atoms. The lowest BCUT2D eigenvalue weighted by atomic mass is 10.2. The van der Waals surface area contributed by atoms with Gasteiger partial charge in [-0.25, -0.2) is 0 Å². The first-order valence-corrected chi connectivity index (χ1v) is 6.68. The van der Waals surface area contributed by atoms with Crippen LogP contribution in [0.15, 0.2) is 30.3 Å². The van der Waals surface area contributed by atoms with Crippen molar-refractivity contribution in [2.75, 3.05) is 5.94 Å². The summed E-state index contributed by atoms with van der Waals surface area (Å²) in [4.78, 5) is 10.4. The second-order valence-corrected chi connectivity index (χ2v) is 5.24. The summed E-state index contributed by atoms with van der Waals surface area (Å²) >= 11 is 1.65. The van der Waals surface area contributed by atoms with Gasteiger partial charge in [-0.2, -0.15) is 0 Å². The molecule has 0 bridgehead atoms. The molecular weight excluding hydrogens is 236 g/mol. The molecule has 1 N–H and O–H groups in total. The number of rotatable bonds is 8. The molecule has 94 valence electrons. The molecule has 1 rings (SSSR count). The topological polar surface area (TPSA) is 46.5 Å².